The van der Waals surface area contributed by atoms with Gasteiger partial charge in [0.1, 0.15) is 0 Å². The molecule has 0 N–H and O–H groups in total. The summed E-state index contributed by atoms with van der Waals surface area (Å²) >= 11 is 0. The summed E-state index contributed by atoms with van der Waals surface area (Å²) in [7, 11) is 0. The van der Waals surface area contributed by atoms with E-state index in [1.165, 1.54) is 6.07 Å². The van der Waals surface area contributed by atoms with Crippen molar-refractivity contribution < 1.29 is 9.72 Å². The number of anilines is 1. The lowest BCUT2D eigenvalue weighted by Crippen LogP contribution is -2.49. The van der Waals surface area contributed by atoms with Gasteiger partial charge in [0.05, 0.1) is 4.92 Å². The molecule has 1 aliphatic heterocycles. The van der Waals surface area contributed by atoms with Gasteiger partial charge in [0.2, 0.25) is 5.82 Å². The van der Waals surface area contributed by atoms with E-state index >= 15 is 0 Å². The van der Waals surface area contributed by atoms with E-state index in [4.69, 9.17) is 0 Å². The summed E-state index contributed by atoms with van der Waals surface area (Å²) in [5.41, 5.74) is 1.77. The fourth-order valence-corrected chi connectivity index (χ4v) is 2.77. The van der Waals surface area contributed by atoms with Crippen LogP contribution in [0.1, 0.15) is 15.9 Å². The molecule has 1 amide bonds. The third kappa shape index (κ3) is 3.19. The Morgan fingerprint density at radius 2 is 1.79 bits per heavy atom. The van der Waals surface area contributed by atoms with E-state index in [1.54, 1.807) is 17.2 Å². The van der Waals surface area contributed by atoms with Gasteiger partial charge in [-0.1, -0.05) is 17.7 Å². The number of nitro groups is 1. The predicted molar refractivity (Wildman–Crippen MR) is 90.2 cm³/mol. The lowest BCUT2D eigenvalue weighted by molar-refractivity contribution is -0.384. The highest BCUT2D eigenvalue weighted by molar-refractivity contribution is 5.94. The van der Waals surface area contributed by atoms with Crippen LogP contribution in [0.4, 0.5) is 11.5 Å². The van der Waals surface area contributed by atoms with Gasteiger partial charge >= 0.3 is 5.69 Å². The Bertz CT molecular complexity index is 753. The van der Waals surface area contributed by atoms with Gasteiger partial charge in [0, 0.05) is 44.0 Å². The van der Waals surface area contributed by atoms with Crippen molar-refractivity contribution in [1.82, 2.24) is 9.88 Å². The van der Waals surface area contributed by atoms with Crippen molar-refractivity contribution >= 4 is 17.4 Å². The molecule has 0 unspecified atom stereocenters. The fraction of sp³-hybridized carbons (Fsp3) is 0.294. The van der Waals surface area contributed by atoms with Gasteiger partial charge in [-0.15, -0.1) is 0 Å². The second kappa shape index (κ2) is 6.66. The first kappa shape index (κ1) is 15.9. The quantitative estimate of drug-likeness (QED) is 0.638. The van der Waals surface area contributed by atoms with Crippen molar-refractivity contribution in [3.63, 3.8) is 0 Å². The van der Waals surface area contributed by atoms with E-state index in [2.05, 4.69) is 4.98 Å². The first-order valence-electron chi connectivity index (χ1n) is 7.76. The number of hydrogen-bond acceptors (Lipinski definition) is 5. The van der Waals surface area contributed by atoms with E-state index in [9.17, 15) is 14.9 Å². The van der Waals surface area contributed by atoms with E-state index in [-0.39, 0.29) is 11.6 Å². The van der Waals surface area contributed by atoms with Crippen LogP contribution in [0.5, 0.6) is 0 Å². The Morgan fingerprint density at radius 3 is 2.42 bits per heavy atom. The largest absolute Gasteiger partial charge is 0.347 e. The molecule has 0 saturated carbocycles. The van der Waals surface area contributed by atoms with Crippen LogP contribution < -0.4 is 4.90 Å². The fourth-order valence-electron chi connectivity index (χ4n) is 2.77. The van der Waals surface area contributed by atoms with Crippen molar-refractivity contribution in [1.29, 1.82) is 0 Å². The normalized spacial score (nSPS) is 14.5. The molecule has 1 aliphatic rings. The molecule has 0 spiro atoms. The van der Waals surface area contributed by atoms with Crippen molar-refractivity contribution in [2.45, 2.75) is 6.92 Å². The minimum absolute atomic E-state index is 0.00388. The summed E-state index contributed by atoms with van der Waals surface area (Å²) in [6.07, 6.45) is 1.55. The predicted octanol–water partition coefficient (Wildman–Crippen LogP) is 2.26. The second-order valence-electron chi connectivity index (χ2n) is 5.75. The molecular formula is C17H18N4O3. The van der Waals surface area contributed by atoms with Crippen molar-refractivity contribution in [2.24, 2.45) is 0 Å². The second-order valence-corrected chi connectivity index (χ2v) is 5.75. The maximum atomic E-state index is 12.5. The minimum Gasteiger partial charge on any atom is -0.347 e. The van der Waals surface area contributed by atoms with Gasteiger partial charge in [-0.3, -0.25) is 14.9 Å². The van der Waals surface area contributed by atoms with Crippen LogP contribution in [0.15, 0.2) is 42.6 Å². The van der Waals surface area contributed by atoms with Crippen molar-refractivity contribution in [3.05, 3.63) is 63.8 Å². The molecule has 0 aliphatic carbocycles. The van der Waals surface area contributed by atoms with Gasteiger partial charge in [-0.05, 0) is 25.1 Å². The first-order chi connectivity index (χ1) is 11.6. The van der Waals surface area contributed by atoms with E-state index in [0.29, 0.717) is 37.6 Å². The third-order valence-corrected chi connectivity index (χ3v) is 4.13. The Morgan fingerprint density at radius 1 is 1.12 bits per heavy atom. The minimum atomic E-state index is -0.424. The number of aromatic nitrogens is 1. The number of rotatable bonds is 3. The monoisotopic (exact) mass is 326 g/mol. The number of carbonyl (C=O) groups excluding carboxylic acids is 1. The molecule has 7 nitrogen and oxygen atoms in total. The van der Waals surface area contributed by atoms with Crippen LogP contribution in [0.3, 0.4) is 0 Å². The van der Waals surface area contributed by atoms with E-state index in [0.717, 1.165) is 5.56 Å². The number of piperazine rings is 1. The molecule has 124 valence electrons. The molecule has 7 heteroatoms. The highest BCUT2D eigenvalue weighted by atomic mass is 16.6. The molecule has 1 fully saturated rings. The van der Waals surface area contributed by atoms with E-state index in [1.807, 2.05) is 36.1 Å². The number of benzene rings is 1. The number of hydrogen-bond donors (Lipinski definition) is 0. The van der Waals surface area contributed by atoms with Crippen LogP contribution in [0, 0.1) is 17.0 Å². The topological polar surface area (TPSA) is 79.6 Å². The Labute approximate surface area is 139 Å². The molecule has 1 aromatic heterocycles. The van der Waals surface area contributed by atoms with Crippen molar-refractivity contribution in [2.75, 3.05) is 31.1 Å². The lowest BCUT2D eigenvalue weighted by atomic mass is 10.1. The number of aryl methyl sites for hydroxylation is 1. The van der Waals surface area contributed by atoms with Gasteiger partial charge in [-0.25, -0.2) is 4.98 Å². The molecule has 0 atom stereocenters. The third-order valence-electron chi connectivity index (χ3n) is 4.13. The highest BCUT2D eigenvalue weighted by Gasteiger charge is 2.26. The van der Waals surface area contributed by atoms with Crippen LogP contribution >= 0.6 is 0 Å². The summed E-state index contributed by atoms with van der Waals surface area (Å²) < 4.78 is 0. The summed E-state index contributed by atoms with van der Waals surface area (Å²) in [5, 5.41) is 11.1. The van der Waals surface area contributed by atoms with Crippen molar-refractivity contribution in [3.8, 4) is 0 Å². The molecular weight excluding hydrogens is 308 g/mol. The zero-order valence-corrected chi connectivity index (χ0v) is 13.4. The maximum absolute atomic E-state index is 12.5. The molecule has 3 rings (SSSR count). The summed E-state index contributed by atoms with van der Waals surface area (Å²) in [6.45, 7) is 4.05. The molecule has 24 heavy (non-hydrogen) atoms. The van der Waals surface area contributed by atoms with Gasteiger partial charge in [-0.2, -0.15) is 0 Å². The molecule has 2 heterocycles. The number of carbonyl (C=O) groups is 1. The number of pyridine rings is 1. The van der Waals surface area contributed by atoms with E-state index < -0.39 is 4.92 Å². The summed E-state index contributed by atoms with van der Waals surface area (Å²) in [5.74, 6) is 0.357. The van der Waals surface area contributed by atoms with Gasteiger partial charge < -0.3 is 9.80 Å². The van der Waals surface area contributed by atoms with Crippen LogP contribution in [0.2, 0.25) is 0 Å². The van der Waals surface area contributed by atoms with Crippen LogP contribution in [0.25, 0.3) is 0 Å². The number of amides is 1. The Kier molecular flexibility index (Phi) is 4.41. The van der Waals surface area contributed by atoms with Gasteiger partial charge in [0.25, 0.3) is 5.91 Å². The standard InChI is InChI=1S/C17H18N4O3/c1-13-4-6-14(7-5-13)17(22)20-11-9-19(10-12-20)16-15(21(23)24)3-2-8-18-16/h2-8H,9-12H2,1H3. The highest BCUT2D eigenvalue weighted by Crippen LogP contribution is 2.25. The summed E-state index contributed by atoms with van der Waals surface area (Å²) in [4.78, 5) is 31.0. The Balaban J connectivity index is 1.69. The molecule has 0 radical (unpaired) electrons. The average Bonchev–Trinajstić information content (AvgIpc) is 2.62. The molecule has 2 aromatic rings. The molecule has 1 aromatic carbocycles. The Hall–Kier alpha value is -2.96. The van der Waals surface area contributed by atoms with Crippen LogP contribution in [-0.2, 0) is 0 Å². The zero-order chi connectivity index (χ0) is 17.1. The first-order valence-corrected chi connectivity index (χ1v) is 7.76. The maximum Gasteiger partial charge on any atom is 0.311 e. The van der Waals surface area contributed by atoms with Crippen LogP contribution in [-0.4, -0.2) is 46.9 Å². The SMILES string of the molecule is Cc1ccc(C(=O)N2CCN(c3ncccc3[N+](=O)[O-])CC2)cc1. The molecule has 1 saturated heterocycles. The lowest BCUT2D eigenvalue weighted by Gasteiger charge is -2.35. The smallest absolute Gasteiger partial charge is 0.311 e. The number of nitrogens with zero attached hydrogens (tertiary/aromatic N) is 4. The zero-order valence-electron chi connectivity index (χ0n) is 13.4. The molecule has 0 bridgehead atoms. The van der Waals surface area contributed by atoms with Gasteiger partial charge in [0.15, 0.2) is 0 Å². The summed E-state index contributed by atoms with van der Waals surface area (Å²) in [6, 6.07) is 10.5. The average molecular weight is 326 g/mol.